The summed E-state index contributed by atoms with van der Waals surface area (Å²) in [6, 6.07) is 51.8. The smallest absolute Gasteiger partial charge is 0.134 e. The number of H-pyrrole nitrogens is 4. The molecule has 4 aromatic heterocycles. The molecule has 368 valence electrons. The maximum atomic E-state index is 6.20. The molecule has 4 aromatic carbocycles. The summed E-state index contributed by atoms with van der Waals surface area (Å²) < 4.78 is 24.8. The van der Waals surface area contributed by atoms with E-state index in [4.69, 9.17) is 18.9 Å². The summed E-state index contributed by atoms with van der Waals surface area (Å²) in [5.74, 6) is 7.70. The summed E-state index contributed by atoms with van der Waals surface area (Å²) >= 11 is 0. The predicted octanol–water partition coefficient (Wildman–Crippen LogP) is 15.7. The van der Waals surface area contributed by atoms with Crippen LogP contribution in [0.15, 0.2) is 146 Å². The van der Waals surface area contributed by atoms with Crippen molar-refractivity contribution in [1.82, 2.24) is 19.9 Å². The van der Waals surface area contributed by atoms with Gasteiger partial charge in [-0.2, -0.15) is 0 Å². The van der Waals surface area contributed by atoms with Crippen molar-refractivity contribution >= 4 is 0 Å². The van der Waals surface area contributed by atoms with Crippen LogP contribution in [0.4, 0.5) is 0 Å². The third kappa shape index (κ3) is 12.0. The largest absolute Gasteiger partial charge is 0.492 e. The van der Waals surface area contributed by atoms with E-state index in [1.165, 1.54) is 0 Å². The summed E-state index contributed by atoms with van der Waals surface area (Å²) in [6.45, 7) is 11.7. The number of aromatic nitrogens is 4. The second-order valence-corrected chi connectivity index (χ2v) is 19.0. The van der Waals surface area contributed by atoms with Crippen LogP contribution >= 0.6 is 0 Å². The fourth-order valence-electron chi connectivity index (χ4n) is 9.61. The first-order chi connectivity index (χ1) is 35.5. The summed E-state index contributed by atoms with van der Waals surface area (Å²) in [6.07, 6.45) is 13.4. The van der Waals surface area contributed by atoms with E-state index in [1.807, 2.05) is 0 Å². The van der Waals surface area contributed by atoms with Gasteiger partial charge in [0.05, 0.1) is 97.2 Å². The lowest BCUT2D eigenvalue weighted by molar-refractivity contribution is 0.306. The van der Waals surface area contributed by atoms with Gasteiger partial charge in [-0.05, 0) is 25.7 Å². The van der Waals surface area contributed by atoms with Crippen LogP contribution in [-0.4, -0.2) is 46.4 Å². The van der Waals surface area contributed by atoms with Crippen LogP contribution < -0.4 is 18.9 Å². The molecule has 0 spiro atoms. The Hall–Kier alpha value is -7.32. The normalized spacial score (nSPS) is 12.4. The quantitative estimate of drug-likeness (QED) is 0.0358. The number of benzene rings is 4. The SMILES string of the molecule is CCCCCOc1ccc([C+]2c3ccc([nH]3)[C+](c3ccc(OCCCCC)cc3)c3ccc([nH]3)[C+](c3ccc(OCCCCC)cc3)c3ccc([nH]3)[C+](c3ccc(OCCCCC)cc3)c3ccc2[nH]3)cc1. The monoisotopic (exact) mass is 961 g/mol. The second-order valence-electron chi connectivity index (χ2n) is 19.0. The zero-order chi connectivity index (χ0) is 49.5. The topological polar surface area (TPSA) is 100 Å². The molecule has 8 bridgehead atoms. The van der Waals surface area contributed by atoms with Gasteiger partial charge in [-0.15, -0.1) is 0 Å². The molecule has 0 saturated carbocycles. The maximum Gasteiger partial charge on any atom is 0.134 e. The molecule has 1 aliphatic rings. The first kappa shape index (κ1) is 49.7. The van der Waals surface area contributed by atoms with E-state index < -0.39 is 0 Å². The molecule has 0 radical (unpaired) electrons. The Morgan fingerprint density at radius 2 is 0.431 bits per heavy atom. The number of unbranched alkanes of at least 4 members (excludes halogenated alkanes) is 8. The van der Waals surface area contributed by atoms with Crippen LogP contribution in [0.2, 0.25) is 0 Å². The molecule has 0 fully saturated rings. The van der Waals surface area contributed by atoms with E-state index >= 15 is 0 Å². The van der Waals surface area contributed by atoms with Crippen molar-refractivity contribution in [1.29, 1.82) is 0 Å². The van der Waals surface area contributed by atoms with E-state index in [0.717, 1.165) is 192 Å². The van der Waals surface area contributed by atoms with Gasteiger partial charge in [0.25, 0.3) is 0 Å². The highest BCUT2D eigenvalue weighted by Crippen LogP contribution is 2.41. The zero-order valence-electron chi connectivity index (χ0n) is 42.8. The van der Waals surface area contributed by atoms with Crippen LogP contribution in [0.5, 0.6) is 23.0 Å². The van der Waals surface area contributed by atoms with E-state index in [0.29, 0.717) is 26.4 Å². The lowest BCUT2D eigenvalue weighted by Gasteiger charge is -2.14. The van der Waals surface area contributed by atoms with Crippen LogP contribution in [0.25, 0.3) is 0 Å². The average Bonchev–Trinajstić information content (AvgIpc) is 4.27. The number of ether oxygens (including phenoxy) is 4. The third-order valence-electron chi connectivity index (χ3n) is 13.5. The van der Waals surface area contributed by atoms with Gasteiger partial charge in [-0.25, -0.2) is 0 Å². The van der Waals surface area contributed by atoms with Crippen molar-refractivity contribution in [2.75, 3.05) is 26.4 Å². The number of aromatic amines is 4. The summed E-state index contributed by atoms with van der Waals surface area (Å²) in [5, 5.41) is 0. The van der Waals surface area contributed by atoms with Gasteiger partial charge >= 0.3 is 0 Å². The molecule has 8 heteroatoms. The van der Waals surface area contributed by atoms with Gasteiger partial charge in [0.2, 0.25) is 0 Å². The molecular formula is C64H72N4O4+4. The second kappa shape index (κ2) is 24.7. The molecule has 0 atom stereocenters. The third-order valence-corrected chi connectivity index (χ3v) is 13.5. The molecule has 0 aliphatic carbocycles. The highest BCUT2D eigenvalue weighted by Gasteiger charge is 2.38. The van der Waals surface area contributed by atoms with Crippen molar-refractivity contribution in [3.05, 3.63) is 237 Å². The summed E-state index contributed by atoms with van der Waals surface area (Å²) in [4.78, 5) is 15.8. The molecule has 8 aromatic rings. The van der Waals surface area contributed by atoms with Gasteiger partial charge in [0, 0.05) is 97.1 Å². The molecule has 72 heavy (non-hydrogen) atoms. The first-order valence-electron chi connectivity index (χ1n) is 26.7. The highest BCUT2D eigenvalue weighted by atomic mass is 16.5. The summed E-state index contributed by atoms with van der Waals surface area (Å²) in [5.41, 5.74) is 12.2. The minimum atomic E-state index is 0.708. The number of hydrogen-bond donors (Lipinski definition) is 4. The van der Waals surface area contributed by atoms with Crippen molar-refractivity contribution < 1.29 is 18.9 Å². The fraction of sp³-hybridized carbons (Fsp3) is 0.312. The van der Waals surface area contributed by atoms with Gasteiger partial charge in [0.1, 0.15) is 92.2 Å². The van der Waals surface area contributed by atoms with Gasteiger partial charge in [-0.3, -0.25) is 0 Å². The number of hydrogen-bond acceptors (Lipinski definition) is 4. The molecule has 0 amide bonds. The Labute approximate surface area is 428 Å². The maximum absolute atomic E-state index is 6.20. The van der Waals surface area contributed by atoms with Gasteiger partial charge in [0.15, 0.2) is 0 Å². The van der Waals surface area contributed by atoms with Crippen molar-refractivity contribution in [3.8, 4) is 23.0 Å². The van der Waals surface area contributed by atoms with Crippen LogP contribution in [0.1, 0.15) is 173 Å². The number of nitrogens with one attached hydrogen (secondary N) is 4. The molecule has 1 aliphatic heterocycles. The molecular weight excluding hydrogens is 889 g/mol. The standard InChI is InChI=1S/C64H72N4O4/c1-5-9-13-41-69-49-25-17-45(18-26-49)61-53-33-35-55(65-53)62(46-19-27-50(28-20-46)70-42-14-10-6-2)57-37-39-59(67-57)64(48-23-31-52(32-24-48)72-44-16-12-8-4)60-40-38-58(68-60)63(56-36-34-54(61)66-56)47-21-29-51(30-22-47)71-43-15-11-7-3/h17-40,65-68H,5-16,41-44H2,1-4H3/q+4. The van der Waals surface area contributed by atoms with E-state index in [-0.39, 0.29) is 0 Å². The predicted molar refractivity (Wildman–Crippen MR) is 291 cm³/mol. The van der Waals surface area contributed by atoms with Gasteiger partial charge < -0.3 is 38.9 Å². The minimum Gasteiger partial charge on any atom is -0.492 e. The fourth-order valence-corrected chi connectivity index (χ4v) is 9.61. The Kier molecular flexibility index (Phi) is 17.0. The molecule has 8 nitrogen and oxygen atoms in total. The van der Waals surface area contributed by atoms with E-state index in [2.05, 4.69) is 193 Å². The molecule has 0 saturated heterocycles. The average molecular weight is 961 g/mol. The molecule has 9 rings (SSSR count). The van der Waals surface area contributed by atoms with Gasteiger partial charge in [-0.1, -0.05) is 79.1 Å². The Bertz CT molecular complexity index is 2370. The minimum absolute atomic E-state index is 0.708. The number of rotatable bonds is 24. The highest BCUT2D eigenvalue weighted by molar-refractivity contribution is 5.64. The Balaban J connectivity index is 1.16. The van der Waals surface area contributed by atoms with Crippen molar-refractivity contribution in [2.45, 2.75) is 105 Å². The van der Waals surface area contributed by atoms with E-state index in [1.54, 1.807) is 0 Å². The number of fused-ring (bicyclic) bond motifs is 8. The van der Waals surface area contributed by atoms with Crippen LogP contribution in [-0.2, 0) is 0 Å². The molecule has 0 unspecified atom stereocenters. The van der Waals surface area contributed by atoms with Crippen molar-refractivity contribution in [2.24, 2.45) is 0 Å². The first-order valence-corrected chi connectivity index (χ1v) is 26.7. The molecule has 4 N–H and O–H groups in total. The molecule has 5 heterocycles. The van der Waals surface area contributed by atoms with Crippen molar-refractivity contribution in [3.63, 3.8) is 0 Å². The van der Waals surface area contributed by atoms with E-state index in [9.17, 15) is 0 Å². The van der Waals surface area contributed by atoms with Crippen LogP contribution in [0.3, 0.4) is 0 Å². The van der Waals surface area contributed by atoms with Crippen LogP contribution in [0, 0.1) is 23.7 Å². The lowest BCUT2D eigenvalue weighted by atomic mass is 9.92. The Morgan fingerprint density at radius 1 is 0.250 bits per heavy atom. The zero-order valence-corrected chi connectivity index (χ0v) is 42.8. The summed E-state index contributed by atoms with van der Waals surface area (Å²) in [7, 11) is 0. The Morgan fingerprint density at radius 3 is 0.597 bits per heavy atom. The lowest BCUT2D eigenvalue weighted by Crippen LogP contribution is -2.12.